The Morgan fingerprint density at radius 1 is 1.00 bits per heavy atom. The van der Waals surface area contributed by atoms with Crippen LogP contribution in [0.1, 0.15) is 41.5 Å². The molecule has 0 spiro atoms. The third kappa shape index (κ3) is 5.76. The minimum atomic E-state index is -0.373. The molecule has 68 valence electrons. The molecule has 0 aliphatic rings. The van der Waals surface area contributed by atoms with E-state index in [0.717, 1.165) is 0 Å². The van der Waals surface area contributed by atoms with Gasteiger partial charge in [-0.15, -0.1) is 0 Å². The molecule has 0 aliphatic heterocycles. The van der Waals surface area contributed by atoms with Gasteiger partial charge in [0.1, 0.15) is 0 Å². The maximum atomic E-state index is 5.64. The highest BCUT2D eigenvalue weighted by Gasteiger charge is 2.22. The van der Waals surface area contributed by atoms with Gasteiger partial charge in [-0.25, -0.2) is 0 Å². The molecule has 1 atom stereocenters. The Kier molecular flexibility index (Phi) is 3.67. The summed E-state index contributed by atoms with van der Waals surface area (Å²) in [6, 6.07) is 0. The minimum absolute atomic E-state index is 0.0859. The highest BCUT2D eigenvalue weighted by molar-refractivity contribution is 8.26. The molecule has 11 heavy (non-hydrogen) atoms. The Morgan fingerprint density at radius 2 is 1.36 bits per heavy atom. The Hall–Kier alpha value is 0.530. The molecule has 0 bridgehead atoms. The molecule has 0 radical (unpaired) electrons. The van der Waals surface area contributed by atoms with Crippen LogP contribution in [0, 0.1) is 0 Å². The van der Waals surface area contributed by atoms with Gasteiger partial charge in [0.15, 0.2) is 0 Å². The van der Waals surface area contributed by atoms with Gasteiger partial charge in [0.05, 0.1) is 5.60 Å². The van der Waals surface area contributed by atoms with Crippen LogP contribution in [-0.4, -0.2) is 10.3 Å². The summed E-state index contributed by atoms with van der Waals surface area (Å²) in [4.78, 5) is 0. The lowest BCUT2D eigenvalue weighted by Gasteiger charge is -2.27. The average Bonchev–Trinajstić information content (AvgIpc) is 1.56. The monoisotopic (exact) mass is 194 g/mol. The standard InChI is InChI=1S/C8H18OS2/c1-7(2,3)9-11(10)8(4,5)6/h1-6H3. The van der Waals surface area contributed by atoms with E-state index in [-0.39, 0.29) is 20.1 Å². The second kappa shape index (κ2) is 3.50. The van der Waals surface area contributed by atoms with Crippen LogP contribution in [0.15, 0.2) is 0 Å². The summed E-state index contributed by atoms with van der Waals surface area (Å²) in [6.07, 6.45) is 0. The van der Waals surface area contributed by atoms with E-state index in [4.69, 9.17) is 15.4 Å². The zero-order valence-corrected chi connectivity index (χ0v) is 9.86. The van der Waals surface area contributed by atoms with Crippen LogP contribution in [0.3, 0.4) is 0 Å². The first-order valence-corrected chi connectivity index (χ1v) is 5.82. The lowest BCUT2D eigenvalue weighted by Crippen LogP contribution is -2.30. The fraction of sp³-hybridized carbons (Fsp3) is 1.00. The molecule has 0 rings (SSSR count). The largest absolute Gasteiger partial charge is 0.306 e. The maximum absolute atomic E-state index is 5.64. The van der Waals surface area contributed by atoms with Gasteiger partial charge in [0, 0.05) is 14.5 Å². The first-order valence-electron chi connectivity index (χ1n) is 3.74. The molecule has 0 aromatic heterocycles. The van der Waals surface area contributed by atoms with Crippen molar-refractivity contribution in [1.82, 2.24) is 0 Å². The molecule has 0 amide bonds. The van der Waals surface area contributed by atoms with Gasteiger partial charge in [-0.3, -0.25) is 0 Å². The van der Waals surface area contributed by atoms with E-state index in [1.54, 1.807) is 0 Å². The molecule has 1 nitrogen and oxygen atoms in total. The van der Waals surface area contributed by atoms with Crippen LogP contribution in [0.4, 0.5) is 0 Å². The normalized spacial score (nSPS) is 16.5. The molecular weight excluding hydrogens is 176 g/mol. The summed E-state index contributed by atoms with van der Waals surface area (Å²) in [7, 11) is -0.373. The first kappa shape index (κ1) is 11.5. The lowest BCUT2D eigenvalue weighted by atomic mass is 10.2. The topological polar surface area (TPSA) is 9.23 Å². The van der Waals surface area contributed by atoms with Gasteiger partial charge >= 0.3 is 0 Å². The van der Waals surface area contributed by atoms with Crippen LogP contribution in [0.25, 0.3) is 0 Å². The van der Waals surface area contributed by atoms with Gasteiger partial charge in [0.25, 0.3) is 0 Å². The van der Waals surface area contributed by atoms with Gasteiger partial charge in [-0.1, -0.05) is 0 Å². The quantitative estimate of drug-likeness (QED) is 0.634. The van der Waals surface area contributed by atoms with Crippen molar-refractivity contribution < 1.29 is 4.18 Å². The lowest BCUT2D eigenvalue weighted by molar-refractivity contribution is 0.158. The number of hydrogen-bond acceptors (Lipinski definition) is 2. The van der Waals surface area contributed by atoms with Crippen molar-refractivity contribution >= 4 is 20.9 Å². The third-order valence-corrected chi connectivity index (χ3v) is 4.18. The van der Waals surface area contributed by atoms with E-state index in [9.17, 15) is 0 Å². The molecular formula is C8H18OS2. The molecule has 0 aromatic carbocycles. The van der Waals surface area contributed by atoms with Crippen LogP contribution in [0.5, 0.6) is 0 Å². The fourth-order valence-electron chi connectivity index (χ4n) is 0.352. The Labute approximate surface area is 77.3 Å². The van der Waals surface area contributed by atoms with E-state index >= 15 is 0 Å². The smallest absolute Gasteiger partial charge is 0.0748 e. The van der Waals surface area contributed by atoms with Crippen LogP contribution < -0.4 is 0 Å². The molecule has 0 heterocycles. The van der Waals surface area contributed by atoms with Gasteiger partial charge in [-0.2, -0.15) is 0 Å². The molecule has 0 N–H and O–H groups in total. The van der Waals surface area contributed by atoms with E-state index < -0.39 is 0 Å². The predicted molar refractivity (Wildman–Crippen MR) is 55.3 cm³/mol. The summed E-state index contributed by atoms with van der Waals surface area (Å²) in [5, 5.41) is 0. The van der Waals surface area contributed by atoms with E-state index in [2.05, 4.69) is 20.8 Å². The summed E-state index contributed by atoms with van der Waals surface area (Å²) in [6.45, 7) is 12.4. The summed E-state index contributed by atoms with van der Waals surface area (Å²) >= 11 is 5.23. The molecule has 3 heteroatoms. The van der Waals surface area contributed by atoms with Crippen molar-refractivity contribution in [2.45, 2.75) is 51.9 Å². The number of rotatable bonds is 1. The zero-order chi connectivity index (χ0) is 9.28. The second-order valence-corrected chi connectivity index (χ2v) is 7.31. The Balaban J connectivity index is 4.11. The predicted octanol–water partition coefficient (Wildman–Crippen LogP) is 2.60. The van der Waals surface area contributed by atoms with Gasteiger partial charge in [-0.05, 0) is 52.7 Å². The average molecular weight is 194 g/mol. The highest BCUT2D eigenvalue weighted by atomic mass is 32.8. The van der Waals surface area contributed by atoms with E-state index in [0.29, 0.717) is 0 Å². The van der Waals surface area contributed by atoms with Crippen molar-refractivity contribution in [1.29, 1.82) is 0 Å². The van der Waals surface area contributed by atoms with Gasteiger partial charge < -0.3 is 4.18 Å². The van der Waals surface area contributed by atoms with Crippen molar-refractivity contribution in [2.24, 2.45) is 0 Å². The summed E-state index contributed by atoms with van der Waals surface area (Å²) in [5.41, 5.74) is -0.113. The van der Waals surface area contributed by atoms with E-state index in [1.807, 2.05) is 20.8 Å². The Bertz CT molecular complexity index is 150. The van der Waals surface area contributed by atoms with Crippen molar-refractivity contribution in [2.75, 3.05) is 0 Å². The zero-order valence-electron chi connectivity index (χ0n) is 8.22. The Morgan fingerprint density at radius 3 is 1.45 bits per heavy atom. The fourth-order valence-corrected chi connectivity index (χ4v) is 1.67. The highest BCUT2D eigenvalue weighted by Crippen LogP contribution is 2.19. The first-order chi connectivity index (χ1) is 4.63. The van der Waals surface area contributed by atoms with Crippen LogP contribution in [-0.2, 0) is 25.1 Å². The van der Waals surface area contributed by atoms with Crippen LogP contribution >= 0.6 is 0 Å². The molecule has 1 unspecified atom stereocenters. The molecule has 0 fully saturated rings. The maximum Gasteiger partial charge on any atom is 0.0748 e. The molecule has 0 aliphatic carbocycles. The molecule has 0 aromatic rings. The van der Waals surface area contributed by atoms with Crippen molar-refractivity contribution in [3.05, 3.63) is 0 Å². The summed E-state index contributed by atoms with van der Waals surface area (Å²) < 4.78 is 5.73. The summed E-state index contributed by atoms with van der Waals surface area (Å²) in [5.74, 6) is 0. The second-order valence-electron chi connectivity index (χ2n) is 4.54. The minimum Gasteiger partial charge on any atom is -0.306 e. The van der Waals surface area contributed by atoms with Crippen molar-refractivity contribution in [3.8, 4) is 0 Å². The van der Waals surface area contributed by atoms with Crippen LogP contribution in [0.2, 0.25) is 0 Å². The van der Waals surface area contributed by atoms with Gasteiger partial charge in [0.2, 0.25) is 0 Å². The molecule has 0 saturated carbocycles. The molecule has 0 saturated heterocycles. The van der Waals surface area contributed by atoms with E-state index in [1.165, 1.54) is 0 Å². The third-order valence-electron chi connectivity index (χ3n) is 0.826. The SMILES string of the molecule is CC(C)(C)OS(=S)C(C)(C)C. The van der Waals surface area contributed by atoms with Crippen molar-refractivity contribution in [3.63, 3.8) is 0 Å². The number of hydrogen-bond donors (Lipinski definition) is 0.